The fourth-order valence-corrected chi connectivity index (χ4v) is 2.46. The van der Waals surface area contributed by atoms with Crippen LogP contribution in [0.1, 0.15) is 42.9 Å². The third-order valence-corrected chi connectivity index (χ3v) is 3.53. The van der Waals surface area contributed by atoms with Crippen molar-refractivity contribution in [2.45, 2.75) is 33.6 Å². The minimum absolute atomic E-state index is 0.0457. The van der Waals surface area contributed by atoms with Crippen molar-refractivity contribution < 1.29 is 13.6 Å². The normalized spacial score (nSPS) is 10.6. The number of rotatable bonds is 7. The highest BCUT2D eigenvalue weighted by atomic mass is 19.1. The van der Waals surface area contributed by atoms with Gasteiger partial charge in [0.2, 0.25) is 5.95 Å². The van der Waals surface area contributed by atoms with Gasteiger partial charge < -0.3 is 10.2 Å². The monoisotopic (exact) mass is 348 g/mol. The zero-order valence-electron chi connectivity index (χ0n) is 14.6. The van der Waals surface area contributed by atoms with Gasteiger partial charge >= 0.3 is 0 Å². The first-order valence-electron chi connectivity index (χ1n) is 8.31. The van der Waals surface area contributed by atoms with Crippen molar-refractivity contribution >= 4 is 17.5 Å². The van der Waals surface area contributed by atoms with Crippen LogP contribution in [0.3, 0.4) is 0 Å². The second-order valence-corrected chi connectivity index (χ2v) is 5.76. The highest BCUT2D eigenvalue weighted by molar-refractivity contribution is 5.92. The molecule has 0 radical (unpaired) electrons. The number of anilines is 2. The first-order chi connectivity index (χ1) is 11.9. The molecule has 0 bridgehead atoms. The van der Waals surface area contributed by atoms with Crippen LogP contribution in [0, 0.1) is 18.6 Å². The minimum atomic E-state index is -0.753. The zero-order chi connectivity index (χ0) is 18.4. The molecule has 2 aromatic rings. The molecule has 1 aromatic heterocycles. The zero-order valence-corrected chi connectivity index (χ0v) is 14.6. The summed E-state index contributed by atoms with van der Waals surface area (Å²) in [7, 11) is 0. The molecule has 0 saturated heterocycles. The lowest BCUT2D eigenvalue weighted by Crippen LogP contribution is -2.33. The van der Waals surface area contributed by atoms with Crippen LogP contribution in [0.4, 0.5) is 20.4 Å². The Labute approximate surface area is 146 Å². The minimum Gasteiger partial charge on any atom is -0.337 e. The number of aromatic nitrogens is 2. The fraction of sp³-hybridized carbons (Fsp3) is 0.389. The van der Waals surface area contributed by atoms with E-state index in [-0.39, 0.29) is 23.2 Å². The molecule has 5 nitrogen and oxygen atoms in total. The Morgan fingerprint density at radius 1 is 1.12 bits per heavy atom. The molecular formula is C18H22F2N4O. The molecule has 0 unspecified atom stereocenters. The SMILES string of the molecule is CCCN(CCC)C(=O)c1cc(C)nc(Nc2ccc(F)cc2F)n1. The molecular weight excluding hydrogens is 326 g/mol. The average Bonchev–Trinajstić information content (AvgIpc) is 2.56. The number of aryl methyl sites for hydroxylation is 1. The molecule has 1 N–H and O–H groups in total. The molecule has 0 atom stereocenters. The van der Waals surface area contributed by atoms with E-state index in [4.69, 9.17) is 0 Å². The maximum Gasteiger partial charge on any atom is 0.272 e. The Balaban J connectivity index is 2.28. The van der Waals surface area contributed by atoms with Crippen molar-refractivity contribution in [2.75, 3.05) is 18.4 Å². The molecule has 25 heavy (non-hydrogen) atoms. The maximum absolute atomic E-state index is 13.8. The molecule has 2 rings (SSSR count). The summed E-state index contributed by atoms with van der Waals surface area (Å²) in [6, 6.07) is 4.77. The predicted molar refractivity (Wildman–Crippen MR) is 92.9 cm³/mol. The number of nitrogens with zero attached hydrogens (tertiary/aromatic N) is 3. The lowest BCUT2D eigenvalue weighted by Gasteiger charge is -2.21. The van der Waals surface area contributed by atoms with Crippen molar-refractivity contribution in [1.29, 1.82) is 0 Å². The lowest BCUT2D eigenvalue weighted by molar-refractivity contribution is 0.0749. The van der Waals surface area contributed by atoms with Crippen molar-refractivity contribution in [3.05, 3.63) is 47.3 Å². The molecule has 0 aliphatic heterocycles. The number of hydrogen-bond acceptors (Lipinski definition) is 4. The Hall–Kier alpha value is -2.57. The van der Waals surface area contributed by atoms with Gasteiger partial charge in [-0.05, 0) is 38.0 Å². The summed E-state index contributed by atoms with van der Waals surface area (Å²) in [5.41, 5.74) is 0.875. The Morgan fingerprint density at radius 2 is 1.80 bits per heavy atom. The third kappa shape index (κ3) is 4.95. The predicted octanol–water partition coefficient (Wildman–Crippen LogP) is 4.07. The van der Waals surface area contributed by atoms with E-state index in [2.05, 4.69) is 15.3 Å². The van der Waals surface area contributed by atoms with Crippen LogP contribution in [-0.4, -0.2) is 33.9 Å². The number of nitrogens with one attached hydrogen (secondary N) is 1. The molecule has 0 spiro atoms. The number of halogens is 2. The fourth-order valence-electron chi connectivity index (χ4n) is 2.46. The number of carbonyl (C=O) groups is 1. The van der Waals surface area contributed by atoms with Crippen LogP contribution in [0.2, 0.25) is 0 Å². The molecule has 0 aliphatic carbocycles. The van der Waals surface area contributed by atoms with E-state index >= 15 is 0 Å². The summed E-state index contributed by atoms with van der Waals surface area (Å²) in [6.07, 6.45) is 1.70. The van der Waals surface area contributed by atoms with E-state index in [1.807, 2.05) is 13.8 Å². The van der Waals surface area contributed by atoms with Gasteiger partial charge in [0.25, 0.3) is 5.91 Å². The van der Waals surface area contributed by atoms with E-state index in [1.165, 1.54) is 6.07 Å². The Kier molecular flexibility index (Phi) is 6.38. The van der Waals surface area contributed by atoms with Gasteiger partial charge in [0.15, 0.2) is 0 Å². The second-order valence-electron chi connectivity index (χ2n) is 5.76. The molecule has 7 heteroatoms. The van der Waals surface area contributed by atoms with Crippen LogP contribution in [0.25, 0.3) is 0 Å². The number of amides is 1. The number of benzene rings is 1. The van der Waals surface area contributed by atoms with Gasteiger partial charge in [0.05, 0.1) is 5.69 Å². The van der Waals surface area contributed by atoms with Crippen molar-refractivity contribution in [3.8, 4) is 0 Å². The average molecular weight is 348 g/mol. The summed E-state index contributed by atoms with van der Waals surface area (Å²) in [6.45, 7) is 7.03. The van der Waals surface area contributed by atoms with Gasteiger partial charge in [0, 0.05) is 24.8 Å². The highest BCUT2D eigenvalue weighted by Gasteiger charge is 2.17. The van der Waals surface area contributed by atoms with Crippen LogP contribution in [0.15, 0.2) is 24.3 Å². The molecule has 0 fully saturated rings. The molecule has 1 aromatic carbocycles. The smallest absolute Gasteiger partial charge is 0.272 e. The molecule has 1 heterocycles. The Bertz CT molecular complexity index is 746. The lowest BCUT2D eigenvalue weighted by atomic mass is 10.2. The van der Waals surface area contributed by atoms with Gasteiger partial charge in [-0.1, -0.05) is 13.8 Å². The van der Waals surface area contributed by atoms with Crippen LogP contribution >= 0.6 is 0 Å². The summed E-state index contributed by atoms with van der Waals surface area (Å²) in [4.78, 5) is 22.8. The van der Waals surface area contributed by atoms with E-state index in [0.29, 0.717) is 18.8 Å². The van der Waals surface area contributed by atoms with Gasteiger partial charge in [-0.25, -0.2) is 18.7 Å². The topological polar surface area (TPSA) is 58.1 Å². The van der Waals surface area contributed by atoms with E-state index in [1.54, 1.807) is 17.9 Å². The summed E-state index contributed by atoms with van der Waals surface area (Å²) in [5.74, 6) is -1.51. The largest absolute Gasteiger partial charge is 0.337 e. The van der Waals surface area contributed by atoms with Crippen molar-refractivity contribution in [2.24, 2.45) is 0 Å². The standard InChI is InChI=1S/C18H22F2N4O/c1-4-8-24(9-5-2)17(25)16-10-12(3)21-18(23-16)22-15-7-6-13(19)11-14(15)20/h6-7,10-11H,4-5,8-9H2,1-3H3,(H,21,22,23). The summed E-state index contributed by atoms with van der Waals surface area (Å²) in [5, 5.41) is 2.70. The highest BCUT2D eigenvalue weighted by Crippen LogP contribution is 2.19. The Morgan fingerprint density at radius 3 is 2.40 bits per heavy atom. The van der Waals surface area contributed by atoms with Crippen molar-refractivity contribution in [1.82, 2.24) is 14.9 Å². The van der Waals surface area contributed by atoms with Crippen molar-refractivity contribution in [3.63, 3.8) is 0 Å². The van der Waals surface area contributed by atoms with Crippen LogP contribution in [0.5, 0.6) is 0 Å². The second kappa shape index (κ2) is 8.50. The number of carbonyl (C=O) groups excluding carboxylic acids is 1. The third-order valence-electron chi connectivity index (χ3n) is 3.53. The molecule has 134 valence electrons. The van der Waals surface area contributed by atoms with E-state index in [9.17, 15) is 13.6 Å². The number of hydrogen-bond donors (Lipinski definition) is 1. The van der Waals surface area contributed by atoms with Crippen LogP contribution < -0.4 is 5.32 Å². The first-order valence-corrected chi connectivity index (χ1v) is 8.31. The quantitative estimate of drug-likeness (QED) is 0.819. The van der Waals surface area contributed by atoms with Crippen LogP contribution in [-0.2, 0) is 0 Å². The van der Waals surface area contributed by atoms with Gasteiger partial charge in [-0.2, -0.15) is 0 Å². The molecule has 0 aliphatic rings. The van der Waals surface area contributed by atoms with E-state index in [0.717, 1.165) is 25.0 Å². The summed E-state index contributed by atoms with van der Waals surface area (Å²) < 4.78 is 26.8. The van der Waals surface area contributed by atoms with Gasteiger partial charge in [-0.15, -0.1) is 0 Å². The summed E-state index contributed by atoms with van der Waals surface area (Å²) >= 11 is 0. The van der Waals surface area contributed by atoms with Gasteiger partial charge in [-0.3, -0.25) is 4.79 Å². The van der Waals surface area contributed by atoms with E-state index < -0.39 is 11.6 Å². The molecule has 0 saturated carbocycles. The first kappa shape index (κ1) is 18.8. The maximum atomic E-state index is 13.8. The molecule has 1 amide bonds. The van der Waals surface area contributed by atoms with Gasteiger partial charge in [0.1, 0.15) is 17.3 Å².